The summed E-state index contributed by atoms with van der Waals surface area (Å²) in [7, 11) is 1.34. The normalized spacial score (nSPS) is 11.8. The predicted molar refractivity (Wildman–Crippen MR) is 48.6 cm³/mol. The molecule has 6 nitrogen and oxygen atoms in total. The highest BCUT2D eigenvalue weighted by atomic mass is 16.5. The summed E-state index contributed by atoms with van der Waals surface area (Å²) in [6.07, 6.45) is 1.35. The SMILES string of the molecule is COC(=O)C([NH3+])CCCN=C(N)N. The second-order valence-corrected chi connectivity index (χ2v) is 2.67. The van der Waals surface area contributed by atoms with E-state index in [1.54, 1.807) is 0 Å². The number of aliphatic imine (C=N–C) groups is 1. The lowest BCUT2D eigenvalue weighted by Crippen LogP contribution is -2.65. The van der Waals surface area contributed by atoms with Gasteiger partial charge in [-0.25, -0.2) is 4.79 Å². The summed E-state index contributed by atoms with van der Waals surface area (Å²) in [5.41, 5.74) is 13.9. The molecule has 0 saturated carbocycles. The van der Waals surface area contributed by atoms with Crippen molar-refractivity contribution in [1.82, 2.24) is 0 Å². The summed E-state index contributed by atoms with van der Waals surface area (Å²) in [4.78, 5) is 14.6. The van der Waals surface area contributed by atoms with E-state index < -0.39 is 0 Å². The Bertz CT molecular complexity index is 189. The van der Waals surface area contributed by atoms with Crippen molar-refractivity contribution in [3.63, 3.8) is 0 Å². The van der Waals surface area contributed by atoms with Crippen molar-refractivity contribution in [2.45, 2.75) is 18.9 Å². The molecule has 0 amide bonds. The molecule has 0 aliphatic rings. The maximum atomic E-state index is 10.9. The van der Waals surface area contributed by atoms with E-state index >= 15 is 0 Å². The number of guanidine groups is 1. The molecule has 0 heterocycles. The molecule has 0 bridgehead atoms. The van der Waals surface area contributed by atoms with Gasteiger partial charge in [-0.2, -0.15) is 0 Å². The molecule has 0 aliphatic carbocycles. The van der Waals surface area contributed by atoms with Crippen LogP contribution >= 0.6 is 0 Å². The van der Waals surface area contributed by atoms with E-state index in [9.17, 15) is 4.79 Å². The van der Waals surface area contributed by atoms with Crippen LogP contribution in [0, 0.1) is 0 Å². The number of rotatable bonds is 5. The van der Waals surface area contributed by atoms with Gasteiger partial charge in [0, 0.05) is 13.0 Å². The molecule has 6 heteroatoms. The molecule has 0 radical (unpaired) electrons. The van der Waals surface area contributed by atoms with Gasteiger partial charge in [0.2, 0.25) is 0 Å². The maximum absolute atomic E-state index is 10.9. The van der Waals surface area contributed by atoms with Crippen LogP contribution in [0.15, 0.2) is 4.99 Å². The topological polar surface area (TPSA) is 118 Å². The number of quaternary nitrogens is 1. The van der Waals surface area contributed by atoms with E-state index in [2.05, 4.69) is 15.5 Å². The fourth-order valence-corrected chi connectivity index (χ4v) is 0.830. The Morgan fingerprint density at radius 2 is 2.23 bits per heavy atom. The van der Waals surface area contributed by atoms with Crippen molar-refractivity contribution in [3.8, 4) is 0 Å². The van der Waals surface area contributed by atoms with Crippen LogP contribution < -0.4 is 17.2 Å². The van der Waals surface area contributed by atoms with Crippen LogP contribution in [0.4, 0.5) is 0 Å². The number of hydrogen-bond acceptors (Lipinski definition) is 3. The summed E-state index contributed by atoms with van der Waals surface area (Å²) in [6, 6.07) is -0.334. The van der Waals surface area contributed by atoms with Gasteiger partial charge in [0.05, 0.1) is 7.11 Å². The molecule has 0 aromatic heterocycles. The first-order chi connectivity index (χ1) is 6.07. The van der Waals surface area contributed by atoms with Crippen LogP contribution in [0.1, 0.15) is 12.8 Å². The molecule has 0 spiro atoms. The third kappa shape index (κ3) is 5.92. The predicted octanol–water partition coefficient (Wildman–Crippen LogP) is -2.18. The standard InChI is InChI=1S/C7H16N4O2/c1-13-6(12)5(8)3-2-4-11-7(9)10/h5H,2-4,8H2,1H3,(H4,9,10,11)/p+1. The van der Waals surface area contributed by atoms with E-state index in [0.29, 0.717) is 13.0 Å². The molecule has 0 aliphatic heterocycles. The molecule has 76 valence electrons. The maximum Gasteiger partial charge on any atom is 0.364 e. The molecule has 0 aromatic rings. The zero-order valence-corrected chi connectivity index (χ0v) is 7.82. The van der Waals surface area contributed by atoms with Crippen LogP contribution in [-0.2, 0) is 9.53 Å². The van der Waals surface area contributed by atoms with Crippen LogP contribution in [0.25, 0.3) is 0 Å². The van der Waals surface area contributed by atoms with Gasteiger partial charge >= 0.3 is 5.97 Å². The minimum atomic E-state index is -0.334. The van der Waals surface area contributed by atoms with Crippen molar-refractivity contribution >= 4 is 11.9 Å². The molecule has 1 unspecified atom stereocenters. The highest BCUT2D eigenvalue weighted by Gasteiger charge is 2.16. The van der Waals surface area contributed by atoms with E-state index in [4.69, 9.17) is 11.5 Å². The summed E-state index contributed by atoms with van der Waals surface area (Å²) >= 11 is 0. The third-order valence-electron chi connectivity index (χ3n) is 1.54. The average molecular weight is 189 g/mol. The van der Waals surface area contributed by atoms with E-state index in [1.807, 2.05) is 0 Å². The lowest BCUT2D eigenvalue weighted by atomic mass is 10.2. The summed E-state index contributed by atoms with van der Waals surface area (Å²) in [5, 5.41) is 0. The minimum Gasteiger partial charge on any atom is -0.465 e. The Balaban J connectivity index is 3.53. The van der Waals surface area contributed by atoms with Gasteiger partial charge in [-0.1, -0.05) is 0 Å². The summed E-state index contributed by atoms with van der Waals surface area (Å²) in [5.74, 6) is -0.233. The zero-order chi connectivity index (χ0) is 10.3. The molecule has 7 N–H and O–H groups in total. The lowest BCUT2D eigenvalue weighted by molar-refractivity contribution is -0.409. The zero-order valence-electron chi connectivity index (χ0n) is 7.82. The number of ether oxygens (including phenoxy) is 1. The first kappa shape index (κ1) is 11.7. The highest BCUT2D eigenvalue weighted by Crippen LogP contribution is 1.94. The van der Waals surface area contributed by atoms with Gasteiger partial charge in [-0.05, 0) is 6.42 Å². The Morgan fingerprint density at radius 3 is 2.69 bits per heavy atom. The average Bonchev–Trinajstić information content (AvgIpc) is 2.10. The van der Waals surface area contributed by atoms with E-state index in [-0.39, 0.29) is 18.0 Å². The number of hydrogen-bond donors (Lipinski definition) is 3. The molecular formula is C7H17N4O2+. The van der Waals surface area contributed by atoms with Gasteiger partial charge in [0.1, 0.15) is 0 Å². The van der Waals surface area contributed by atoms with Gasteiger partial charge in [-0.3, -0.25) is 4.99 Å². The van der Waals surface area contributed by atoms with Crippen molar-refractivity contribution < 1.29 is 15.3 Å². The largest absolute Gasteiger partial charge is 0.465 e. The Morgan fingerprint density at radius 1 is 1.62 bits per heavy atom. The van der Waals surface area contributed by atoms with Gasteiger partial charge < -0.3 is 21.9 Å². The first-order valence-corrected chi connectivity index (χ1v) is 4.04. The number of nitrogens with two attached hydrogens (primary N) is 2. The first-order valence-electron chi connectivity index (χ1n) is 4.04. The van der Waals surface area contributed by atoms with E-state index in [1.165, 1.54) is 7.11 Å². The molecular weight excluding hydrogens is 172 g/mol. The number of methoxy groups -OCH3 is 1. The van der Waals surface area contributed by atoms with Crippen molar-refractivity contribution in [2.24, 2.45) is 16.5 Å². The highest BCUT2D eigenvalue weighted by molar-refractivity contribution is 5.75. The van der Waals surface area contributed by atoms with Crippen molar-refractivity contribution in [2.75, 3.05) is 13.7 Å². The van der Waals surface area contributed by atoms with Gasteiger partial charge in [-0.15, -0.1) is 0 Å². The van der Waals surface area contributed by atoms with Crippen LogP contribution in [-0.4, -0.2) is 31.6 Å². The fourth-order valence-electron chi connectivity index (χ4n) is 0.830. The third-order valence-corrected chi connectivity index (χ3v) is 1.54. The second-order valence-electron chi connectivity index (χ2n) is 2.67. The molecule has 0 saturated heterocycles. The smallest absolute Gasteiger partial charge is 0.364 e. The molecule has 13 heavy (non-hydrogen) atoms. The summed E-state index contributed by atoms with van der Waals surface area (Å²) in [6.45, 7) is 0.519. The Kier molecular flexibility index (Phi) is 5.62. The van der Waals surface area contributed by atoms with Gasteiger partial charge in [0.25, 0.3) is 0 Å². The van der Waals surface area contributed by atoms with Crippen LogP contribution in [0.3, 0.4) is 0 Å². The molecule has 0 aromatic carbocycles. The van der Waals surface area contributed by atoms with Crippen LogP contribution in [0.2, 0.25) is 0 Å². The Hall–Kier alpha value is -1.30. The minimum absolute atomic E-state index is 0.0682. The Labute approximate surface area is 77.1 Å². The molecule has 0 rings (SSSR count). The quantitative estimate of drug-likeness (QED) is 0.197. The number of esters is 1. The summed E-state index contributed by atoms with van der Waals surface area (Å²) < 4.78 is 4.50. The van der Waals surface area contributed by atoms with E-state index in [0.717, 1.165) is 6.42 Å². The number of nitrogens with zero attached hydrogens (tertiary/aromatic N) is 1. The van der Waals surface area contributed by atoms with Crippen molar-refractivity contribution in [1.29, 1.82) is 0 Å². The van der Waals surface area contributed by atoms with Crippen LogP contribution in [0.5, 0.6) is 0 Å². The second kappa shape index (κ2) is 6.24. The lowest BCUT2D eigenvalue weighted by Gasteiger charge is -2.04. The molecule has 1 atom stereocenters. The van der Waals surface area contributed by atoms with Gasteiger partial charge in [0.15, 0.2) is 12.0 Å². The monoisotopic (exact) mass is 189 g/mol. The molecule has 0 fully saturated rings. The fraction of sp³-hybridized carbons (Fsp3) is 0.714. The van der Waals surface area contributed by atoms with Crippen molar-refractivity contribution in [3.05, 3.63) is 0 Å². The number of carbonyl (C=O) groups excluding carboxylic acids is 1. The number of carbonyl (C=O) groups is 1.